The van der Waals surface area contributed by atoms with E-state index in [-0.39, 0.29) is 25.3 Å². The summed E-state index contributed by atoms with van der Waals surface area (Å²) in [7, 11) is -0.646. The maximum absolute atomic E-state index is 15.0. The lowest BCUT2D eigenvalue weighted by Crippen LogP contribution is -2.48. The first-order chi connectivity index (χ1) is 20.6. The summed E-state index contributed by atoms with van der Waals surface area (Å²) in [6.45, 7) is 4.78. The van der Waals surface area contributed by atoms with Crippen molar-refractivity contribution in [2.75, 3.05) is 53.6 Å². The number of nitrogens with one attached hydrogen (secondary N) is 1. The van der Waals surface area contributed by atoms with Gasteiger partial charge in [0.1, 0.15) is 18.5 Å². The molecule has 0 radical (unpaired) electrons. The van der Waals surface area contributed by atoms with Gasteiger partial charge in [0.05, 0.1) is 36.3 Å². The minimum Gasteiger partial charge on any atom is -0.490 e. The number of hydrogen-bond donors (Lipinski definition) is 1. The highest BCUT2D eigenvalue weighted by Crippen LogP contribution is 2.30. The molecule has 1 atom stereocenters. The van der Waals surface area contributed by atoms with Crippen molar-refractivity contribution in [2.45, 2.75) is 57.3 Å². The van der Waals surface area contributed by atoms with Crippen molar-refractivity contribution in [3.63, 3.8) is 0 Å². The first-order valence-corrected chi connectivity index (χ1v) is 15.9. The summed E-state index contributed by atoms with van der Waals surface area (Å²) in [5, 5.41) is 0. The molecule has 2 aliphatic heterocycles. The summed E-state index contributed by atoms with van der Waals surface area (Å²) in [4.78, 5) is 19.3. The van der Waals surface area contributed by atoms with Crippen molar-refractivity contribution >= 4 is 16.1 Å². The molecule has 14 heteroatoms. The SMILES string of the molecule is CC[C@@H](Oc1ccc(C(=O)NS(=O)(=O)N2CCC(OC3CCN(C)CC3)CC2)c(F)c1F)c1ccc(OCCOC)cn1. The first-order valence-electron chi connectivity index (χ1n) is 14.5. The van der Waals surface area contributed by atoms with Crippen LogP contribution in [0.1, 0.15) is 61.2 Å². The first kappa shape index (κ1) is 33.0. The third-order valence-electron chi connectivity index (χ3n) is 7.59. The predicted molar refractivity (Wildman–Crippen MR) is 154 cm³/mol. The summed E-state index contributed by atoms with van der Waals surface area (Å²) in [6, 6.07) is 5.42. The normalized spacial score (nSPS) is 18.3. The molecule has 2 saturated heterocycles. The molecule has 2 aliphatic rings. The van der Waals surface area contributed by atoms with E-state index in [0.717, 1.165) is 42.4 Å². The van der Waals surface area contributed by atoms with Gasteiger partial charge in [-0.2, -0.15) is 17.1 Å². The van der Waals surface area contributed by atoms with E-state index < -0.39 is 45.2 Å². The zero-order valence-corrected chi connectivity index (χ0v) is 25.6. The molecule has 43 heavy (non-hydrogen) atoms. The van der Waals surface area contributed by atoms with Crippen LogP contribution in [0.5, 0.6) is 11.5 Å². The van der Waals surface area contributed by atoms with Crippen molar-refractivity contribution in [3.05, 3.63) is 53.4 Å². The van der Waals surface area contributed by atoms with E-state index in [0.29, 0.717) is 43.9 Å². The molecule has 2 fully saturated rings. The third-order valence-corrected chi connectivity index (χ3v) is 9.08. The quantitative estimate of drug-likeness (QED) is 0.334. The van der Waals surface area contributed by atoms with Gasteiger partial charge in [0.15, 0.2) is 11.6 Å². The number of hydrogen-bond acceptors (Lipinski definition) is 9. The molecule has 0 saturated carbocycles. The molecular formula is C29H40F2N4O7S. The van der Waals surface area contributed by atoms with Crippen molar-refractivity contribution in [1.29, 1.82) is 0 Å². The standard InChI is InChI=1S/C29H40F2N4O7S/c1-4-25(24-7-5-22(19-32-24)40-18-17-39-3)42-26-8-6-23(27(30)28(26)31)29(36)33-43(37,38)35-15-11-21(12-16-35)41-20-9-13-34(2)14-10-20/h5-8,19-21,25H,4,9-18H2,1-3H3,(H,33,36)/t25-/m1/s1. The number of rotatable bonds is 13. The molecule has 3 heterocycles. The summed E-state index contributed by atoms with van der Waals surface area (Å²) in [5.74, 6) is -4.11. The number of piperidine rings is 2. The fourth-order valence-electron chi connectivity index (χ4n) is 5.05. The zero-order chi connectivity index (χ0) is 31.0. The zero-order valence-electron chi connectivity index (χ0n) is 24.8. The number of halogens is 2. The monoisotopic (exact) mass is 626 g/mol. The van der Waals surface area contributed by atoms with Crippen molar-refractivity contribution in [1.82, 2.24) is 18.9 Å². The topological polar surface area (TPSA) is 120 Å². The van der Waals surface area contributed by atoms with Crippen LogP contribution in [0.3, 0.4) is 0 Å². The van der Waals surface area contributed by atoms with Crippen molar-refractivity contribution in [3.8, 4) is 11.5 Å². The molecule has 11 nitrogen and oxygen atoms in total. The van der Waals surface area contributed by atoms with Gasteiger partial charge in [-0.05, 0) is 63.4 Å². The third kappa shape index (κ3) is 8.82. The second-order valence-electron chi connectivity index (χ2n) is 10.7. The van der Waals surface area contributed by atoms with E-state index >= 15 is 4.39 Å². The molecule has 1 aromatic heterocycles. The molecule has 1 N–H and O–H groups in total. The Morgan fingerprint density at radius 2 is 1.70 bits per heavy atom. The number of nitrogens with zero attached hydrogens (tertiary/aromatic N) is 3. The number of aromatic nitrogens is 1. The highest BCUT2D eigenvalue weighted by molar-refractivity contribution is 7.87. The van der Waals surface area contributed by atoms with Crippen LogP contribution in [-0.2, 0) is 19.7 Å². The molecule has 0 aliphatic carbocycles. The van der Waals surface area contributed by atoms with E-state index in [9.17, 15) is 17.6 Å². The average Bonchev–Trinajstić information content (AvgIpc) is 3.00. The van der Waals surface area contributed by atoms with Gasteiger partial charge in [-0.25, -0.2) is 9.11 Å². The molecule has 2 aromatic rings. The second kappa shape index (κ2) is 15.2. The van der Waals surface area contributed by atoms with Crippen LogP contribution < -0.4 is 14.2 Å². The largest absolute Gasteiger partial charge is 0.490 e. The molecule has 0 bridgehead atoms. The fourth-order valence-corrected chi connectivity index (χ4v) is 6.22. The predicted octanol–water partition coefficient (Wildman–Crippen LogP) is 3.46. The fraction of sp³-hybridized carbons (Fsp3) is 0.586. The molecule has 0 unspecified atom stereocenters. The van der Waals surface area contributed by atoms with Crippen LogP contribution in [0.15, 0.2) is 30.5 Å². The average molecular weight is 627 g/mol. The Morgan fingerprint density at radius 3 is 2.30 bits per heavy atom. The number of amides is 1. The lowest BCUT2D eigenvalue weighted by molar-refractivity contribution is -0.0564. The van der Waals surface area contributed by atoms with E-state index in [4.69, 9.17) is 18.9 Å². The van der Waals surface area contributed by atoms with E-state index in [1.807, 2.05) is 4.72 Å². The second-order valence-corrected chi connectivity index (χ2v) is 12.4. The van der Waals surface area contributed by atoms with Crippen LogP contribution in [0, 0.1) is 11.6 Å². The number of carbonyl (C=O) groups excluding carboxylic acids is 1. The van der Waals surface area contributed by atoms with Crippen LogP contribution in [0.25, 0.3) is 0 Å². The van der Waals surface area contributed by atoms with Gasteiger partial charge in [-0.1, -0.05) is 6.92 Å². The van der Waals surface area contributed by atoms with Crippen LogP contribution in [-0.4, -0.2) is 94.3 Å². The molecule has 238 valence electrons. The minimum absolute atomic E-state index is 0.0658. The smallest absolute Gasteiger partial charge is 0.304 e. The number of ether oxygens (including phenoxy) is 4. The summed E-state index contributed by atoms with van der Waals surface area (Å²) in [6.07, 6.45) is 4.09. The number of pyridine rings is 1. The minimum atomic E-state index is -4.28. The lowest BCUT2D eigenvalue weighted by Gasteiger charge is -2.35. The van der Waals surface area contributed by atoms with Gasteiger partial charge in [-0.15, -0.1) is 0 Å². The van der Waals surface area contributed by atoms with Crippen molar-refractivity contribution < 1.29 is 40.9 Å². The Morgan fingerprint density at radius 1 is 1.02 bits per heavy atom. The molecule has 0 spiro atoms. The Labute approximate surface area is 251 Å². The van der Waals surface area contributed by atoms with Gasteiger partial charge in [0.25, 0.3) is 5.91 Å². The Bertz CT molecular complexity index is 1320. The Hall–Kier alpha value is -2.91. The van der Waals surface area contributed by atoms with Gasteiger partial charge in [-0.3, -0.25) is 9.78 Å². The van der Waals surface area contributed by atoms with Gasteiger partial charge in [0, 0.05) is 33.3 Å². The van der Waals surface area contributed by atoms with E-state index in [2.05, 4.69) is 16.9 Å². The van der Waals surface area contributed by atoms with Crippen LogP contribution in [0.2, 0.25) is 0 Å². The number of methoxy groups -OCH3 is 1. The molecular weight excluding hydrogens is 586 g/mol. The Kier molecular flexibility index (Phi) is 11.7. The molecule has 1 amide bonds. The number of carbonyl (C=O) groups is 1. The Balaban J connectivity index is 1.33. The summed E-state index contributed by atoms with van der Waals surface area (Å²) < 4.78 is 81.1. The lowest BCUT2D eigenvalue weighted by atomic mass is 10.1. The van der Waals surface area contributed by atoms with Crippen LogP contribution in [0.4, 0.5) is 8.78 Å². The molecule has 1 aromatic carbocycles. The number of likely N-dealkylation sites (tertiary alicyclic amines) is 1. The van der Waals surface area contributed by atoms with Crippen LogP contribution >= 0.6 is 0 Å². The van der Waals surface area contributed by atoms with E-state index in [1.165, 1.54) is 6.20 Å². The molecule has 4 rings (SSSR count). The summed E-state index contributed by atoms with van der Waals surface area (Å²) >= 11 is 0. The van der Waals surface area contributed by atoms with Gasteiger partial charge >= 0.3 is 10.2 Å². The number of benzene rings is 1. The van der Waals surface area contributed by atoms with Gasteiger partial charge in [0.2, 0.25) is 5.82 Å². The van der Waals surface area contributed by atoms with Crippen molar-refractivity contribution in [2.24, 2.45) is 0 Å². The maximum atomic E-state index is 15.0. The van der Waals surface area contributed by atoms with E-state index in [1.54, 1.807) is 26.2 Å². The summed E-state index contributed by atoms with van der Waals surface area (Å²) in [5.41, 5.74) is -0.285. The maximum Gasteiger partial charge on any atom is 0.304 e. The van der Waals surface area contributed by atoms with Gasteiger partial charge < -0.3 is 23.8 Å². The highest BCUT2D eigenvalue weighted by Gasteiger charge is 2.33. The highest BCUT2D eigenvalue weighted by atomic mass is 32.2.